The Morgan fingerprint density at radius 2 is 1.35 bits per heavy atom. The topological polar surface area (TPSA) is 111 Å². The van der Waals surface area contributed by atoms with Crippen LogP contribution in [0.4, 0.5) is 21.2 Å². The van der Waals surface area contributed by atoms with Crippen molar-refractivity contribution in [2.45, 2.75) is 52.7 Å². The minimum absolute atomic E-state index is 0.193. The molecule has 0 bridgehead atoms. The van der Waals surface area contributed by atoms with Crippen LogP contribution < -0.4 is 10.2 Å². The van der Waals surface area contributed by atoms with Gasteiger partial charge < -0.3 is 14.8 Å². The molecule has 0 unspecified atom stereocenters. The van der Waals surface area contributed by atoms with Crippen molar-refractivity contribution in [1.29, 1.82) is 0 Å². The molecule has 2 aromatic carbocycles. The molecular weight excluding hydrogens is 496 g/mol. The fourth-order valence-corrected chi connectivity index (χ4v) is 3.12. The summed E-state index contributed by atoms with van der Waals surface area (Å²) in [5.41, 5.74) is 0.433. The van der Waals surface area contributed by atoms with Crippen LogP contribution >= 0.6 is 11.6 Å². The summed E-state index contributed by atoms with van der Waals surface area (Å²) in [4.78, 5) is 47.4. The van der Waals surface area contributed by atoms with Gasteiger partial charge in [-0.25, -0.2) is 19.6 Å². The van der Waals surface area contributed by atoms with Gasteiger partial charge in [0.15, 0.2) is 0 Å². The number of imide groups is 1. The van der Waals surface area contributed by atoms with Crippen LogP contribution in [-0.4, -0.2) is 39.3 Å². The molecule has 0 aliphatic rings. The van der Waals surface area contributed by atoms with Crippen molar-refractivity contribution < 1.29 is 23.9 Å². The monoisotopic (exact) mass is 524 g/mol. The molecule has 0 aliphatic heterocycles. The molecule has 0 fully saturated rings. The Balaban J connectivity index is 1.85. The molecule has 37 heavy (non-hydrogen) atoms. The molecule has 3 rings (SSSR count). The van der Waals surface area contributed by atoms with E-state index in [-0.39, 0.29) is 11.9 Å². The number of rotatable bonds is 4. The number of hydrogen-bond acceptors (Lipinski definition) is 7. The van der Waals surface area contributed by atoms with Gasteiger partial charge in [-0.05, 0) is 84.0 Å². The van der Waals surface area contributed by atoms with E-state index in [0.29, 0.717) is 32.4 Å². The number of benzene rings is 2. The van der Waals surface area contributed by atoms with E-state index >= 15 is 0 Å². The van der Waals surface area contributed by atoms with E-state index in [0.717, 1.165) is 0 Å². The summed E-state index contributed by atoms with van der Waals surface area (Å²) in [6.07, 6.45) is -0.492. The summed E-state index contributed by atoms with van der Waals surface area (Å²) in [7, 11) is 0. The molecule has 1 heterocycles. The predicted molar refractivity (Wildman–Crippen MR) is 142 cm³/mol. The van der Waals surface area contributed by atoms with Gasteiger partial charge in [0.1, 0.15) is 11.2 Å². The maximum absolute atomic E-state index is 12.9. The molecule has 3 aromatic rings. The van der Waals surface area contributed by atoms with Crippen molar-refractivity contribution >= 4 is 41.3 Å². The number of ether oxygens (including phenoxy) is 2. The lowest BCUT2D eigenvalue weighted by molar-refractivity contribution is 0.0427. The fourth-order valence-electron chi connectivity index (χ4n) is 3.00. The number of carbonyl (C=O) groups excluding carboxylic acids is 3. The number of hydrogen-bond donors (Lipinski definition) is 1. The van der Waals surface area contributed by atoms with Crippen LogP contribution in [0.15, 0.2) is 60.8 Å². The van der Waals surface area contributed by atoms with Gasteiger partial charge in [-0.3, -0.25) is 4.79 Å². The largest absolute Gasteiger partial charge is 0.443 e. The van der Waals surface area contributed by atoms with E-state index in [1.54, 1.807) is 96.1 Å². The third-order valence-electron chi connectivity index (χ3n) is 4.54. The first kappa shape index (κ1) is 27.6. The highest BCUT2D eigenvalue weighted by Gasteiger charge is 2.34. The molecule has 0 saturated carbocycles. The summed E-state index contributed by atoms with van der Waals surface area (Å²) in [5, 5.41) is 3.36. The van der Waals surface area contributed by atoms with E-state index < -0.39 is 23.4 Å². The molecule has 3 amide bonds. The van der Waals surface area contributed by atoms with Crippen molar-refractivity contribution in [3.05, 3.63) is 71.4 Å². The quantitative estimate of drug-likeness (QED) is 0.403. The molecule has 9 nitrogen and oxygen atoms in total. The van der Waals surface area contributed by atoms with Gasteiger partial charge in [-0.1, -0.05) is 23.7 Å². The Morgan fingerprint density at radius 1 is 0.811 bits per heavy atom. The number of anilines is 2. The highest BCUT2D eigenvalue weighted by molar-refractivity contribution is 6.30. The first-order chi connectivity index (χ1) is 17.2. The molecule has 1 aromatic heterocycles. The lowest BCUT2D eigenvalue weighted by Gasteiger charge is -2.27. The minimum atomic E-state index is -0.959. The van der Waals surface area contributed by atoms with Crippen molar-refractivity contribution in [3.63, 3.8) is 0 Å². The Labute approximate surface area is 220 Å². The van der Waals surface area contributed by atoms with Gasteiger partial charge in [-0.2, -0.15) is 0 Å². The van der Waals surface area contributed by atoms with Crippen LogP contribution in [0.25, 0.3) is 11.3 Å². The number of nitrogens with one attached hydrogen (secondary N) is 1. The number of aromatic nitrogens is 2. The summed E-state index contributed by atoms with van der Waals surface area (Å²) in [6, 6.07) is 15.1. The van der Waals surface area contributed by atoms with Crippen LogP contribution in [-0.2, 0) is 9.47 Å². The zero-order valence-electron chi connectivity index (χ0n) is 21.5. The Morgan fingerprint density at radius 3 is 1.86 bits per heavy atom. The SMILES string of the molecule is CC(C)(C)OC(=O)N(C(=O)OC(C)(C)C)c1nccc(-c2ccc(NC(=O)c3ccc(Cl)cc3)cc2)n1. The average Bonchev–Trinajstić information content (AvgIpc) is 2.78. The summed E-state index contributed by atoms with van der Waals surface area (Å²) >= 11 is 5.88. The van der Waals surface area contributed by atoms with Gasteiger partial charge in [0.05, 0.1) is 5.69 Å². The third kappa shape index (κ3) is 8.01. The molecule has 0 aliphatic carbocycles. The molecular formula is C27H29ClN4O5. The molecule has 10 heteroatoms. The van der Waals surface area contributed by atoms with Gasteiger partial charge in [0.25, 0.3) is 5.91 Å². The maximum atomic E-state index is 12.9. The summed E-state index contributed by atoms with van der Waals surface area (Å²) in [6.45, 7) is 10.1. The third-order valence-corrected chi connectivity index (χ3v) is 4.79. The molecule has 1 N–H and O–H groups in total. The highest BCUT2D eigenvalue weighted by atomic mass is 35.5. The zero-order chi connectivity index (χ0) is 27.4. The van der Waals surface area contributed by atoms with E-state index in [1.165, 1.54) is 6.20 Å². The van der Waals surface area contributed by atoms with Gasteiger partial charge >= 0.3 is 12.2 Å². The highest BCUT2D eigenvalue weighted by Crippen LogP contribution is 2.24. The number of carbonyl (C=O) groups is 3. The Kier molecular flexibility index (Phi) is 8.18. The molecule has 0 saturated heterocycles. The molecule has 0 spiro atoms. The van der Waals surface area contributed by atoms with E-state index in [2.05, 4.69) is 15.3 Å². The van der Waals surface area contributed by atoms with Crippen molar-refractivity contribution in [1.82, 2.24) is 9.97 Å². The van der Waals surface area contributed by atoms with Gasteiger partial charge in [-0.15, -0.1) is 4.90 Å². The van der Waals surface area contributed by atoms with Crippen LogP contribution in [0.3, 0.4) is 0 Å². The number of halogens is 1. The van der Waals surface area contributed by atoms with Crippen LogP contribution in [0, 0.1) is 0 Å². The summed E-state index contributed by atoms with van der Waals surface area (Å²) in [5.74, 6) is -0.472. The van der Waals surface area contributed by atoms with Gasteiger partial charge in [0, 0.05) is 28.0 Å². The second kappa shape index (κ2) is 11.0. The molecule has 0 atom stereocenters. The van der Waals surface area contributed by atoms with E-state index in [9.17, 15) is 14.4 Å². The number of nitrogens with zero attached hydrogens (tertiary/aromatic N) is 3. The van der Waals surface area contributed by atoms with Crippen LogP contribution in [0.1, 0.15) is 51.9 Å². The van der Waals surface area contributed by atoms with Crippen LogP contribution in [0.2, 0.25) is 5.02 Å². The van der Waals surface area contributed by atoms with Crippen molar-refractivity contribution in [3.8, 4) is 11.3 Å². The standard InChI is InChI=1S/C27H29ClN4O5/c1-26(2,3)36-24(34)32(25(35)37-27(4,5)6)23-29-16-15-21(31-23)17-9-13-20(14-10-17)30-22(33)18-7-11-19(28)12-8-18/h7-16H,1-6H3,(H,30,33). The molecule has 194 valence electrons. The molecule has 0 radical (unpaired) electrons. The zero-order valence-corrected chi connectivity index (χ0v) is 22.3. The Hall–Kier alpha value is -3.98. The lowest BCUT2D eigenvalue weighted by atomic mass is 10.1. The normalized spacial score (nSPS) is 11.4. The average molecular weight is 525 g/mol. The first-order valence-corrected chi connectivity index (χ1v) is 11.9. The summed E-state index contributed by atoms with van der Waals surface area (Å²) < 4.78 is 10.8. The van der Waals surface area contributed by atoms with E-state index in [4.69, 9.17) is 21.1 Å². The fraction of sp³-hybridized carbons (Fsp3) is 0.296. The van der Waals surface area contributed by atoms with Crippen molar-refractivity contribution in [2.24, 2.45) is 0 Å². The first-order valence-electron chi connectivity index (χ1n) is 11.5. The van der Waals surface area contributed by atoms with Crippen LogP contribution in [0.5, 0.6) is 0 Å². The second-order valence-corrected chi connectivity index (χ2v) is 10.5. The maximum Gasteiger partial charge on any atom is 0.427 e. The predicted octanol–water partition coefficient (Wildman–Crippen LogP) is 6.73. The lowest BCUT2D eigenvalue weighted by Crippen LogP contribution is -2.44. The van der Waals surface area contributed by atoms with E-state index in [1.807, 2.05) is 0 Å². The van der Waals surface area contributed by atoms with Crippen molar-refractivity contribution in [2.75, 3.05) is 10.2 Å². The number of amides is 3. The minimum Gasteiger partial charge on any atom is -0.443 e. The van der Waals surface area contributed by atoms with Gasteiger partial charge in [0.2, 0.25) is 5.95 Å². The smallest absolute Gasteiger partial charge is 0.427 e. The second-order valence-electron chi connectivity index (χ2n) is 10.1. The Bertz CT molecular complexity index is 1250.